The summed E-state index contributed by atoms with van der Waals surface area (Å²) in [5.41, 5.74) is 3.17. The molecule has 0 spiro atoms. The first-order valence-electron chi connectivity index (χ1n) is 11.3. The topological polar surface area (TPSA) is 77.7 Å². The van der Waals surface area contributed by atoms with Gasteiger partial charge in [0, 0.05) is 31.5 Å². The summed E-state index contributed by atoms with van der Waals surface area (Å²) < 4.78 is 16.2. The molecule has 0 aliphatic heterocycles. The fourth-order valence-corrected chi connectivity index (χ4v) is 3.55. The van der Waals surface area contributed by atoms with Gasteiger partial charge < -0.3 is 18.9 Å². The Labute approximate surface area is 195 Å². The van der Waals surface area contributed by atoms with Gasteiger partial charge >= 0.3 is 0 Å². The smallest absolute Gasteiger partial charge is 0.228 e. The van der Waals surface area contributed by atoms with E-state index in [4.69, 9.17) is 14.0 Å². The number of methoxy groups -OCH3 is 2. The Hall–Kier alpha value is -3.35. The largest absolute Gasteiger partial charge is 0.493 e. The van der Waals surface area contributed by atoms with E-state index < -0.39 is 0 Å². The van der Waals surface area contributed by atoms with Gasteiger partial charge in [0.05, 0.1) is 14.2 Å². The summed E-state index contributed by atoms with van der Waals surface area (Å²) in [4.78, 5) is 19.3. The van der Waals surface area contributed by atoms with E-state index in [1.807, 2.05) is 54.3 Å². The van der Waals surface area contributed by atoms with Crippen molar-refractivity contribution in [1.82, 2.24) is 15.0 Å². The van der Waals surface area contributed by atoms with Gasteiger partial charge in [0.15, 0.2) is 11.5 Å². The number of aryl methyl sites for hydroxylation is 1. The Bertz CT molecular complexity index is 1040. The summed E-state index contributed by atoms with van der Waals surface area (Å²) in [6, 6.07) is 13.8. The molecule has 0 unspecified atom stereocenters. The molecular weight excluding hydrogens is 418 g/mol. The number of carbonyl (C=O) groups excluding carboxylic acids is 1. The van der Waals surface area contributed by atoms with Crippen LogP contribution in [0.2, 0.25) is 0 Å². The zero-order chi connectivity index (χ0) is 23.8. The van der Waals surface area contributed by atoms with Crippen LogP contribution >= 0.6 is 0 Å². The van der Waals surface area contributed by atoms with Gasteiger partial charge in [-0.1, -0.05) is 54.9 Å². The van der Waals surface area contributed by atoms with E-state index in [1.165, 1.54) is 5.56 Å². The van der Waals surface area contributed by atoms with Crippen molar-refractivity contribution in [2.45, 2.75) is 40.0 Å². The van der Waals surface area contributed by atoms with Crippen molar-refractivity contribution in [1.29, 1.82) is 0 Å². The summed E-state index contributed by atoms with van der Waals surface area (Å²) in [7, 11) is 3.24. The van der Waals surface area contributed by atoms with Crippen molar-refractivity contribution in [3.63, 3.8) is 0 Å². The maximum absolute atomic E-state index is 12.9. The molecule has 3 aromatic rings. The first-order chi connectivity index (χ1) is 15.9. The molecular formula is C26H33N3O4. The number of aromatic nitrogens is 2. The molecule has 3 rings (SSSR count). The highest BCUT2D eigenvalue weighted by atomic mass is 16.5. The number of nitrogens with zero attached hydrogens (tertiary/aromatic N) is 3. The molecule has 0 fully saturated rings. The summed E-state index contributed by atoms with van der Waals surface area (Å²) in [6.07, 6.45) is 1.72. The molecule has 176 valence electrons. The fourth-order valence-electron chi connectivity index (χ4n) is 3.55. The molecule has 0 radical (unpaired) electrons. The summed E-state index contributed by atoms with van der Waals surface area (Å²) >= 11 is 0. The molecule has 0 bridgehead atoms. The molecule has 7 heteroatoms. The lowest BCUT2D eigenvalue weighted by Gasteiger charge is -2.23. The maximum Gasteiger partial charge on any atom is 0.228 e. The summed E-state index contributed by atoms with van der Waals surface area (Å²) in [5, 5.41) is 4.10. The number of ether oxygens (including phenoxy) is 2. The van der Waals surface area contributed by atoms with E-state index in [2.05, 4.69) is 24.0 Å². The van der Waals surface area contributed by atoms with Gasteiger partial charge in [0.2, 0.25) is 17.6 Å². The van der Waals surface area contributed by atoms with Crippen LogP contribution < -0.4 is 9.47 Å². The molecule has 0 saturated carbocycles. The average molecular weight is 452 g/mol. The van der Waals surface area contributed by atoms with E-state index in [-0.39, 0.29) is 11.8 Å². The number of rotatable bonds is 11. The minimum absolute atomic E-state index is 0.128. The minimum Gasteiger partial charge on any atom is -0.493 e. The highest BCUT2D eigenvalue weighted by Gasteiger charge is 2.17. The van der Waals surface area contributed by atoms with E-state index in [1.54, 1.807) is 14.2 Å². The summed E-state index contributed by atoms with van der Waals surface area (Å²) in [6.45, 7) is 7.26. The zero-order valence-electron chi connectivity index (χ0n) is 20.1. The van der Waals surface area contributed by atoms with Crippen LogP contribution in [0.3, 0.4) is 0 Å². The van der Waals surface area contributed by atoms with Gasteiger partial charge in [-0.2, -0.15) is 4.98 Å². The molecule has 2 aromatic carbocycles. The standard InChI is InChI=1S/C26H33N3O4/c1-18(2)16-25(30)29(14-12-20-8-11-22(31-4)23(17-20)32-5)15-13-24-27-26(28-33-24)21-9-6-19(3)7-10-21/h6-11,17-18H,12-16H2,1-5H3. The predicted octanol–water partition coefficient (Wildman–Crippen LogP) is 4.72. The van der Waals surface area contributed by atoms with Crippen molar-refractivity contribution >= 4 is 5.91 Å². The minimum atomic E-state index is 0.128. The Balaban J connectivity index is 1.66. The van der Waals surface area contributed by atoms with Crippen molar-refractivity contribution in [3.8, 4) is 22.9 Å². The van der Waals surface area contributed by atoms with E-state index >= 15 is 0 Å². The van der Waals surface area contributed by atoms with Crippen molar-refractivity contribution in [3.05, 3.63) is 59.5 Å². The lowest BCUT2D eigenvalue weighted by atomic mass is 10.1. The molecule has 1 amide bonds. The Kier molecular flexibility index (Phi) is 8.46. The molecule has 0 atom stereocenters. The first kappa shape index (κ1) is 24.3. The van der Waals surface area contributed by atoms with Crippen LogP contribution in [0.5, 0.6) is 11.5 Å². The average Bonchev–Trinajstić information content (AvgIpc) is 3.27. The van der Waals surface area contributed by atoms with Crippen molar-refractivity contribution in [2.75, 3.05) is 27.3 Å². The molecule has 7 nitrogen and oxygen atoms in total. The summed E-state index contributed by atoms with van der Waals surface area (Å²) in [5.74, 6) is 2.88. The van der Waals surface area contributed by atoms with Crippen molar-refractivity contribution < 1.29 is 18.8 Å². The van der Waals surface area contributed by atoms with Gasteiger partial charge in [-0.05, 0) is 37.0 Å². The third kappa shape index (κ3) is 6.81. The van der Waals surface area contributed by atoms with Crippen LogP contribution in [0.1, 0.15) is 37.3 Å². The predicted molar refractivity (Wildman–Crippen MR) is 127 cm³/mol. The monoisotopic (exact) mass is 451 g/mol. The number of carbonyl (C=O) groups is 1. The lowest BCUT2D eigenvalue weighted by Crippen LogP contribution is -2.35. The SMILES string of the molecule is COc1ccc(CCN(CCc2nc(-c3ccc(C)cc3)no2)C(=O)CC(C)C)cc1OC. The molecule has 33 heavy (non-hydrogen) atoms. The third-order valence-electron chi connectivity index (χ3n) is 5.43. The highest BCUT2D eigenvalue weighted by molar-refractivity contribution is 5.76. The maximum atomic E-state index is 12.9. The van der Waals surface area contributed by atoms with Crippen LogP contribution in [0, 0.1) is 12.8 Å². The fraction of sp³-hybridized carbons (Fsp3) is 0.423. The van der Waals surface area contributed by atoms with E-state index in [0.29, 0.717) is 55.6 Å². The lowest BCUT2D eigenvalue weighted by molar-refractivity contribution is -0.132. The Morgan fingerprint density at radius 1 is 1.00 bits per heavy atom. The molecule has 0 aliphatic rings. The van der Waals surface area contributed by atoms with Crippen LogP contribution in [0.15, 0.2) is 47.0 Å². The number of hydrogen-bond acceptors (Lipinski definition) is 6. The molecule has 1 heterocycles. The number of hydrogen-bond donors (Lipinski definition) is 0. The van der Waals surface area contributed by atoms with Gasteiger partial charge in [0.1, 0.15) is 0 Å². The Morgan fingerprint density at radius 3 is 2.36 bits per heavy atom. The van der Waals surface area contributed by atoms with Gasteiger partial charge in [-0.25, -0.2) is 0 Å². The van der Waals surface area contributed by atoms with Gasteiger partial charge in [0.25, 0.3) is 0 Å². The second-order valence-corrected chi connectivity index (χ2v) is 8.55. The first-order valence-corrected chi connectivity index (χ1v) is 11.3. The highest BCUT2D eigenvalue weighted by Crippen LogP contribution is 2.27. The Morgan fingerprint density at radius 2 is 1.70 bits per heavy atom. The second-order valence-electron chi connectivity index (χ2n) is 8.55. The molecule has 1 aromatic heterocycles. The van der Waals surface area contributed by atoms with Gasteiger partial charge in [-0.3, -0.25) is 4.79 Å². The van der Waals surface area contributed by atoms with Crippen LogP contribution in [0.4, 0.5) is 0 Å². The number of amides is 1. The molecule has 0 aliphatic carbocycles. The molecule has 0 N–H and O–H groups in total. The quantitative estimate of drug-likeness (QED) is 0.420. The number of benzene rings is 2. The molecule has 0 saturated heterocycles. The second kappa shape index (κ2) is 11.5. The zero-order valence-corrected chi connectivity index (χ0v) is 20.1. The van der Waals surface area contributed by atoms with Crippen LogP contribution in [0.25, 0.3) is 11.4 Å². The van der Waals surface area contributed by atoms with Gasteiger partial charge in [-0.15, -0.1) is 0 Å². The third-order valence-corrected chi connectivity index (χ3v) is 5.43. The normalized spacial score (nSPS) is 11.0. The van der Waals surface area contributed by atoms with Crippen LogP contribution in [-0.4, -0.2) is 48.3 Å². The van der Waals surface area contributed by atoms with Crippen molar-refractivity contribution in [2.24, 2.45) is 5.92 Å². The van der Waals surface area contributed by atoms with Crippen LogP contribution in [-0.2, 0) is 17.6 Å². The van der Waals surface area contributed by atoms with E-state index in [9.17, 15) is 4.79 Å². The van der Waals surface area contributed by atoms with E-state index in [0.717, 1.165) is 11.1 Å².